The highest BCUT2D eigenvalue weighted by atomic mass is 32.2. The predicted octanol–water partition coefficient (Wildman–Crippen LogP) is 3.24. The number of likely N-dealkylation sites (tertiary alicyclic amines) is 1. The lowest BCUT2D eigenvalue weighted by Gasteiger charge is -2.37. The molecule has 2 fully saturated rings. The smallest absolute Gasteiger partial charge is 0.246 e. The molecular weight excluding hydrogens is 464 g/mol. The van der Waals surface area contributed by atoms with Gasteiger partial charge >= 0.3 is 0 Å². The number of nitrogens with zero attached hydrogens (tertiary/aromatic N) is 2. The maximum absolute atomic E-state index is 14.0. The normalized spacial score (nSPS) is 20.2. The minimum atomic E-state index is -4.20. The number of hydrogen-bond donors (Lipinski definition) is 1. The van der Waals surface area contributed by atoms with Gasteiger partial charge in [-0.2, -0.15) is 4.31 Å². The van der Waals surface area contributed by atoms with Crippen LogP contribution in [0, 0.1) is 23.5 Å². The van der Waals surface area contributed by atoms with Crippen LogP contribution in [0.5, 0.6) is 0 Å². The first-order chi connectivity index (χ1) is 16.3. The maximum atomic E-state index is 14.0. The van der Waals surface area contributed by atoms with Crippen LogP contribution in [0.2, 0.25) is 0 Å². The van der Waals surface area contributed by atoms with Crippen molar-refractivity contribution in [3.63, 3.8) is 0 Å². The van der Waals surface area contributed by atoms with E-state index in [0.717, 1.165) is 16.4 Å². The summed E-state index contributed by atoms with van der Waals surface area (Å²) >= 11 is 0. The number of carbonyl (C=O) groups excluding carboxylic acids is 2. The molecule has 2 aliphatic rings. The second-order valence-electron chi connectivity index (χ2n) is 8.73. The zero-order chi connectivity index (χ0) is 24.3. The van der Waals surface area contributed by atoms with E-state index < -0.39 is 26.6 Å². The SMILES string of the molecule is O=C(Nc1ccccc1)C1CCCN(C(=O)C2CCN(S(=O)(=O)c3cc(F)ccc3F)CC2)C1. The molecule has 10 heteroatoms. The quantitative estimate of drug-likeness (QED) is 0.696. The zero-order valence-electron chi connectivity index (χ0n) is 18.6. The second kappa shape index (κ2) is 10.2. The van der Waals surface area contributed by atoms with E-state index in [2.05, 4.69) is 5.32 Å². The van der Waals surface area contributed by atoms with Crippen LogP contribution in [-0.4, -0.2) is 55.6 Å². The number of rotatable bonds is 5. The second-order valence-corrected chi connectivity index (χ2v) is 10.6. The van der Waals surface area contributed by atoms with Gasteiger partial charge in [-0.05, 0) is 56.0 Å². The van der Waals surface area contributed by atoms with Crippen LogP contribution in [0.3, 0.4) is 0 Å². The molecule has 0 bridgehead atoms. The van der Waals surface area contributed by atoms with Gasteiger partial charge in [0.15, 0.2) is 0 Å². The van der Waals surface area contributed by atoms with Crippen LogP contribution in [0.25, 0.3) is 0 Å². The molecule has 34 heavy (non-hydrogen) atoms. The highest BCUT2D eigenvalue weighted by Gasteiger charge is 2.37. The lowest BCUT2D eigenvalue weighted by Crippen LogP contribution is -2.48. The standard InChI is InChI=1S/C24H27F2N3O4S/c25-19-8-9-21(26)22(15-19)34(32,33)29-13-10-17(11-14-29)24(31)28-12-4-5-18(16-28)23(30)27-20-6-2-1-3-7-20/h1-3,6-9,15,17-18H,4-5,10-14,16H2,(H,27,30). The first kappa shape index (κ1) is 24.3. The van der Waals surface area contributed by atoms with E-state index in [1.54, 1.807) is 17.0 Å². The Bertz CT molecular complexity index is 1150. The van der Waals surface area contributed by atoms with Gasteiger partial charge in [0.05, 0.1) is 5.92 Å². The average molecular weight is 492 g/mol. The van der Waals surface area contributed by atoms with Crippen molar-refractivity contribution in [2.24, 2.45) is 11.8 Å². The van der Waals surface area contributed by atoms with Gasteiger partial charge in [-0.1, -0.05) is 18.2 Å². The molecule has 2 aromatic carbocycles. The van der Waals surface area contributed by atoms with Crippen molar-refractivity contribution >= 4 is 27.5 Å². The number of benzene rings is 2. The van der Waals surface area contributed by atoms with Gasteiger partial charge in [-0.15, -0.1) is 0 Å². The summed E-state index contributed by atoms with van der Waals surface area (Å²) < 4.78 is 54.2. The number of para-hydroxylation sites is 1. The molecule has 1 atom stereocenters. The van der Waals surface area contributed by atoms with Crippen LogP contribution >= 0.6 is 0 Å². The molecule has 1 N–H and O–H groups in total. The Morgan fingerprint density at radius 1 is 0.912 bits per heavy atom. The Hall–Kier alpha value is -2.85. The van der Waals surface area contributed by atoms with E-state index in [9.17, 15) is 26.8 Å². The summed E-state index contributed by atoms with van der Waals surface area (Å²) in [6.45, 7) is 0.965. The van der Waals surface area contributed by atoms with Crippen LogP contribution < -0.4 is 5.32 Å². The summed E-state index contributed by atoms with van der Waals surface area (Å²) in [5, 5.41) is 2.89. The lowest BCUT2D eigenvalue weighted by atomic mass is 9.92. The van der Waals surface area contributed by atoms with E-state index in [4.69, 9.17) is 0 Å². The summed E-state index contributed by atoms with van der Waals surface area (Å²) in [5.41, 5.74) is 0.708. The lowest BCUT2D eigenvalue weighted by molar-refractivity contribution is -0.139. The summed E-state index contributed by atoms with van der Waals surface area (Å²) in [7, 11) is -4.20. The minimum absolute atomic E-state index is 0.0421. The molecular formula is C24H27F2N3O4S. The van der Waals surface area contributed by atoms with Crippen LogP contribution in [0.4, 0.5) is 14.5 Å². The molecule has 7 nitrogen and oxygen atoms in total. The van der Waals surface area contributed by atoms with Gasteiger partial charge in [-0.3, -0.25) is 9.59 Å². The topological polar surface area (TPSA) is 86.8 Å². The van der Waals surface area contributed by atoms with Crippen LogP contribution in [0.1, 0.15) is 25.7 Å². The fourth-order valence-corrected chi connectivity index (χ4v) is 6.12. The van der Waals surface area contributed by atoms with Gasteiger partial charge < -0.3 is 10.2 Å². The number of piperidine rings is 2. The van der Waals surface area contributed by atoms with Gasteiger partial charge in [0.1, 0.15) is 16.5 Å². The van der Waals surface area contributed by atoms with Gasteiger partial charge in [0.2, 0.25) is 21.8 Å². The van der Waals surface area contributed by atoms with Crippen molar-refractivity contribution in [3.05, 3.63) is 60.2 Å². The molecule has 2 amide bonds. The highest BCUT2D eigenvalue weighted by molar-refractivity contribution is 7.89. The molecule has 4 rings (SSSR count). The highest BCUT2D eigenvalue weighted by Crippen LogP contribution is 2.28. The van der Waals surface area contributed by atoms with E-state index in [-0.39, 0.29) is 49.6 Å². The van der Waals surface area contributed by atoms with Crippen molar-refractivity contribution < 1.29 is 26.8 Å². The number of carbonyl (C=O) groups is 2. The minimum Gasteiger partial charge on any atom is -0.342 e. The first-order valence-corrected chi connectivity index (χ1v) is 12.8. The van der Waals surface area contributed by atoms with Crippen LogP contribution in [0.15, 0.2) is 53.4 Å². The summed E-state index contributed by atoms with van der Waals surface area (Å²) in [6.07, 6.45) is 1.97. The third-order valence-corrected chi connectivity index (χ3v) is 8.37. The number of anilines is 1. The largest absolute Gasteiger partial charge is 0.342 e. The number of amides is 2. The third kappa shape index (κ3) is 5.28. The summed E-state index contributed by atoms with van der Waals surface area (Å²) in [4.78, 5) is 26.8. The van der Waals surface area contributed by atoms with E-state index in [1.807, 2.05) is 18.2 Å². The molecule has 0 spiro atoms. The molecule has 2 saturated heterocycles. The molecule has 0 aliphatic carbocycles. The van der Waals surface area contributed by atoms with Crippen molar-refractivity contribution in [2.45, 2.75) is 30.6 Å². The molecule has 0 aromatic heterocycles. The molecule has 182 valence electrons. The van der Waals surface area contributed by atoms with Crippen molar-refractivity contribution in [3.8, 4) is 0 Å². The Labute approximate surface area is 197 Å². The number of nitrogens with one attached hydrogen (secondary N) is 1. The fourth-order valence-electron chi connectivity index (χ4n) is 4.57. The Balaban J connectivity index is 1.35. The molecule has 2 aliphatic heterocycles. The molecule has 0 saturated carbocycles. The third-order valence-electron chi connectivity index (χ3n) is 6.46. The Morgan fingerprint density at radius 2 is 1.62 bits per heavy atom. The van der Waals surface area contributed by atoms with E-state index in [0.29, 0.717) is 37.7 Å². The maximum Gasteiger partial charge on any atom is 0.246 e. The van der Waals surface area contributed by atoms with Gasteiger partial charge in [0.25, 0.3) is 0 Å². The summed E-state index contributed by atoms with van der Waals surface area (Å²) in [6, 6.07) is 11.5. The molecule has 2 aromatic rings. The Morgan fingerprint density at radius 3 is 2.32 bits per heavy atom. The van der Waals surface area contributed by atoms with Crippen molar-refractivity contribution in [1.82, 2.24) is 9.21 Å². The number of halogens is 2. The van der Waals surface area contributed by atoms with E-state index >= 15 is 0 Å². The zero-order valence-corrected chi connectivity index (χ0v) is 19.4. The monoisotopic (exact) mass is 491 g/mol. The van der Waals surface area contributed by atoms with Crippen molar-refractivity contribution in [1.29, 1.82) is 0 Å². The number of hydrogen-bond acceptors (Lipinski definition) is 4. The fraction of sp³-hybridized carbons (Fsp3) is 0.417. The number of sulfonamides is 1. The van der Waals surface area contributed by atoms with Gasteiger partial charge in [-0.25, -0.2) is 17.2 Å². The average Bonchev–Trinajstić information content (AvgIpc) is 2.85. The molecule has 2 heterocycles. The first-order valence-electron chi connectivity index (χ1n) is 11.4. The van der Waals surface area contributed by atoms with Gasteiger partial charge in [0, 0.05) is 37.8 Å². The molecule has 0 radical (unpaired) electrons. The predicted molar refractivity (Wildman–Crippen MR) is 122 cm³/mol. The van der Waals surface area contributed by atoms with Crippen LogP contribution in [-0.2, 0) is 19.6 Å². The molecule has 1 unspecified atom stereocenters. The summed E-state index contributed by atoms with van der Waals surface area (Å²) in [5.74, 6) is -2.74. The van der Waals surface area contributed by atoms with E-state index in [1.165, 1.54) is 0 Å². The Kier molecular flexibility index (Phi) is 7.27. The van der Waals surface area contributed by atoms with Crippen molar-refractivity contribution in [2.75, 3.05) is 31.5 Å².